The fourth-order valence-electron chi connectivity index (χ4n) is 3.98. The molecule has 0 N–H and O–H groups in total. The Morgan fingerprint density at radius 2 is 1.09 bits per heavy atom. The van der Waals surface area contributed by atoms with Gasteiger partial charge in [-0.15, -0.1) is 6.42 Å². The summed E-state index contributed by atoms with van der Waals surface area (Å²) in [5.74, 6) is 0.659. The number of rotatable bonds is 4. The first-order chi connectivity index (χ1) is 21.1. The van der Waals surface area contributed by atoms with Crippen molar-refractivity contribution in [3.8, 4) is 32.0 Å². The fraction of sp³-hybridized carbons (Fsp3) is 0.108. The van der Waals surface area contributed by atoms with Gasteiger partial charge in [-0.25, -0.2) is 12.2 Å². The van der Waals surface area contributed by atoms with Gasteiger partial charge < -0.3 is 17.3 Å². The first kappa shape index (κ1) is 37.7. The van der Waals surface area contributed by atoms with Crippen LogP contribution in [0.2, 0.25) is 5.02 Å². The van der Waals surface area contributed by atoms with Gasteiger partial charge in [0.05, 0.1) is 0 Å². The maximum absolute atomic E-state index is 9.75. The number of benzene rings is 4. The quantitative estimate of drug-likeness (QED) is 0.0764. The SMILES string of the molecule is CC(C)c1ccccc1.Clc1ccc(-c2cc(-c3ccccc3)[s+]c(-c3ccccc3)c2)cc1.F[B-](F)(F)F.[C-]1=CC=CC1.[Fe]. The van der Waals surface area contributed by atoms with Crippen LogP contribution in [0.15, 0.2) is 146 Å². The molecule has 1 aliphatic carbocycles. The second-order valence-electron chi connectivity index (χ2n) is 9.88. The van der Waals surface area contributed by atoms with Crippen LogP contribution in [-0.4, -0.2) is 7.25 Å². The largest absolute Gasteiger partial charge is 0.673 e. The third-order valence-electron chi connectivity index (χ3n) is 6.14. The molecule has 0 amide bonds. The summed E-state index contributed by atoms with van der Waals surface area (Å²) >= 11 is 7.87. The Balaban J connectivity index is 0.000000287. The molecule has 0 aliphatic heterocycles. The Hall–Kier alpha value is -3.48. The third-order valence-corrected chi connectivity index (χ3v) is 7.54. The molecular weight excluding hydrogens is 655 g/mol. The molecule has 4 aromatic carbocycles. The Labute approximate surface area is 283 Å². The van der Waals surface area contributed by atoms with E-state index in [1.807, 2.05) is 41.7 Å². The summed E-state index contributed by atoms with van der Waals surface area (Å²) in [6, 6.07) is 44.1. The Morgan fingerprint density at radius 1 is 0.644 bits per heavy atom. The summed E-state index contributed by atoms with van der Waals surface area (Å²) in [7, 11) is -6.00. The summed E-state index contributed by atoms with van der Waals surface area (Å²) in [4.78, 5) is 2.51. The third kappa shape index (κ3) is 14.9. The van der Waals surface area contributed by atoms with Crippen LogP contribution in [0.3, 0.4) is 0 Å². The zero-order chi connectivity index (χ0) is 31.8. The van der Waals surface area contributed by atoms with E-state index in [4.69, 9.17) is 11.6 Å². The molecular formula is C37H33BClF4FeS-. The molecule has 6 rings (SSSR count). The molecule has 0 nitrogen and oxygen atoms in total. The van der Waals surface area contributed by atoms with Crippen LogP contribution in [0.1, 0.15) is 31.7 Å². The van der Waals surface area contributed by atoms with Crippen molar-refractivity contribution in [2.75, 3.05) is 0 Å². The number of halogens is 5. The predicted molar refractivity (Wildman–Crippen MR) is 182 cm³/mol. The molecule has 1 aliphatic rings. The minimum Gasteiger partial charge on any atom is -0.418 e. The van der Waals surface area contributed by atoms with Gasteiger partial charge in [0, 0.05) is 45.4 Å². The van der Waals surface area contributed by atoms with E-state index in [-0.39, 0.29) is 17.1 Å². The van der Waals surface area contributed by atoms with Crippen LogP contribution < -0.4 is 0 Å². The molecule has 0 fully saturated rings. The van der Waals surface area contributed by atoms with Crippen molar-refractivity contribution >= 4 is 30.2 Å². The maximum atomic E-state index is 9.75. The molecule has 0 spiro atoms. The van der Waals surface area contributed by atoms with E-state index in [0.29, 0.717) is 5.92 Å². The van der Waals surface area contributed by atoms with Gasteiger partial charge in [-0.3, -0.25) is 6.08 Å². The smallest absolute Gasteiger partial charge is 0.418 e. The zero-order valence-electron chi connectivity index (χ0n) is 24.9. The van der Waals surface area contributed by atoms with Crippen molar-refractivity contribution in [2.24, 2.45) is 0 Å². The van der Waals surface area contributed by atoms with Gasteiger partial charge in [-0.05, 0) is 59.0 Å². The first-order valence-electron chi connectivity index (χ1n) is 14.1. The van der Waals surface area contributed by atoms with Crippen LogP contribution in [0.25, 0.3) is 32.0 Å². The summed E-state index contributed by atoms with van der Waals surface area (Å²) in [6.45, 7) is 4.41. The van der Waals surface area contributed by atoms with Crippen LogP contribution in [-0.2, 0) is 17.1 Å². The van der Waals surface area contributed by atoms with Crippen molar-refractivity contribution in [3.05, 3.63) is 162 Å². The van der Waals surface area contributed by atoms with E-state index >= 15 is 0 Å². The van der Waals surface area contributed by atoms with Gasteiger partial charge >= 0.3 is 7.25 Å². The van der Waals surface area contributed by atoms with Crippen LogP contribution in [0, 0.1) is 6.08 Å². The van der Waals surface area contributed by atoms with Crippen LogP contribution in [0.4, 0.5) is 17.3 Å². The predicted octanol–water partition coefficient (Wildman–Crippen LogP) is 13.1. The Morgan fingerprint density at radius 3 is 1.42 bits per heavy atom. The van der Waals surface area contributed by atoms with E-state index in [1.54, 1.807) is 0 Å². The van der Waals surface area contributed by atoms with Gasteiger partial charge in [0.2, 0.25) is 21.1 Å². The van der Waals surface area contributed by atoms with Gasteiger partial charge in [0.1, 0.15) is 0 Å². The number of hydrogen-bond donors (Lipinski definition) is 0. The van der Waals surface area contributed by atoms with Crippen LogP contribution in [0.5, 0.6) is 0 Å². The average molecular weight is 688 g/mol. The normalized spacial score (nSPS) is 11.2. The topological polar surface area (TPSA) is 0 Å². The zero-order valence-corrected chi connectivity index (χ0v) is 27.5. The van der Waals surface area contributed by atoms with E-state index < -0.39 is 7.25 Å². The van der Waals surface area contributed by atoms with Crippen LogP contribution >= 0.6 is 22.9 Å². The molecule has 0 saturated heterocycles. The second kappa shape index (κ2) is 19.8. The molecule has 0 bridgehead atoms. The van der Waals surface area contributed by atoms with Gasteiger partial charge in [0.15, 0.2) is 0 Å². The Bertz CT molecular complexity index is 1520. The summed E-state index contributed by atoms with van der Waals surface area (Å²) < 4.78 is 39.0. The van der Waals surface area contributed by atoms with E-state index in [1.165, 1.54) is 37.6 Å². The van der Waals surface area contributed by atoms with Crippen molar-refractivity contribution in [2.45, 2.75) is 26.2 Å². The van der Waals surface area contributed by atoms with Crippen molar-refractivity contribution < 1.29 is 34.3 Å². The molecule has 5 aromatic rings. The second-order valence-corrected chi connectivity index (χ2v) is 11.4. The molecule has 8 heteroatoms. The average Bonchev–Trinajstić information content (AvgIpc) is 3.63. The van der Waals surface area contributed by atoms with Crippen molar-refractivity contribution in [1.29, 1.82) is 0 Å². The summed E-state index contributed by atoms with van der Waals surface area (Å²) in [5.41, 5.74) is 6.26. The van der Waals surface area contributed by atoms with E-state index in [0.717, 1.165) is 11.4 Å². The summed E-state index contributed by atoms with van der Waals surface area (Å²) in [6.07, 6.45) is 10.0. The summed E-state index contributed by atoms with van der Waals surface area (Å²) in [5, 5.41) is 0.758. The van der Waals surface area contributed by atoms with Gasteiger partial charge in [0.25, 0.3) is 0 Å². The van der Waals surface area contributed by atoms with E-state index in [2.05, 4.69) is 135 Å². The molecule has 0 unspecified atom stereocenters. The van der Waals surface area contributed by atoms with Gasteiger partial charge in [-0.1, -0.05) is 104 Å². The molecule has 1 aromatic heterocycles. The molecule has 0 saturated carbocycles. The molecule has 234 valence electrons. The minimum absolute atomic E-state index is 0. The molecule has 1 heterocycles. The van der Waals surface area contributed by atoms with Crippen molar-refractivity contribution in [3.63, 3.8) is 0 Å². The minimum atomic E-state index is -6.00. The van der Waals surface area contributed by atoms with Gasteiger partial charge in [-0.2, -0.15) is 6.08 Å². The number of allylic oxidation sites excluding steroid dienone is 4. The van der Waals surface area contributed by atoms with E-state index in [9.17, 15) is 17.3 Å². The monoisotopic (exact) mass is 687 g/mol. The van der Waals surface area contributed by atoms with Crippen molar-refractivity contribution in [1.82, 2.24) is 0 Å². The molecule has 0 atom stereocenters. The number of hydrogen-bond acceptors (Lipinski definition) is 0. The molecule has 45 heavy (non-hydrogen) atoms. The first-order valence-corrected chi connectivity index (χ1v) is 15.3. The Kier molecular flexibility index (Phi) is 16.6. The fourth-order valence-corrected chi connectivity index (χ4v) is 5.22. The molecule has 0 radical (unpaired) electrons. The maximum Gasteiger partial charge on any atom is 0.673 e. The standard InChI is InChI=1S/C23H16ClS.C9H12.C5H5.BF4.Fe/c24-21-13-11-17(12-14-21)20-15-22(18-7-3-1-4-8-18)25-23(16-20)19-9-5-2-6-10-19;1-8(2)9-6-4-3-5-7-9;1-2-4-5-3-1;2-1(3,4)5;/h1-16H;3-8H,1-2H3;1-3H,4H2;;/q+1;;2*-1;.